The highest BCUT2D eigenvalue weighted by Gasteiger charge is 2.33. The first kappa shape index (κ1) is 45.6. The molecule has 292 valence electrons. The normalized spacial score (nSPS) is 12.9. The summed E-state index contributed by atoms with van der Waals surface area (Å²) in [7, 11) is 0. The van der Waals surface area contributed by atoms with Crippen molar-refractivity contribution in [2.75, 3.05) is 4.90 Å². The molecule has 3 aromatic carbocycles. The Bertz CT molecular complexity index is 2360. The van der Waals surface area contributed by atoms with Gasteiger partial charge in [-0.05, 0) is 57.7 Å². The molecule has 0 aliphatic heterocycles. The first-order valence-corrected chi connectivity index (χ1v) is 19.2. The molecule has 0 aliphatic rings. The highest BCUT2D eigenvalue weighted by Crippen LogP contribution is 2.53. The molecule has 0 saturated carbocycles. The van der Waals surface area contributed by atoms with Crippen molar-refractivity contribution in [2.45, 2.75) is 0 Å². The van der Waals surface area contributed by atoms with E-state index in [2.05, 4.69) is 131 Å². The number of hydrogen-bond acceptors (Lipinski definition) is 1. The van der Waals surface area contributed by atoms with Gasteiger partial charge >= 0.3 is 0 Å². The van der Waals surface area contributed by atoms with Crippen LogP contribution in [0.3, 0.4) is 0 Å². The molecule has 3 aromatic rings. The van der Waals surface area contributed by atoms with Crippen LogP contribution < -0.4 is 4.90 Å². The lowest BCUT2D eigenvalue weighted by Crippen LogP contribution is -2.21. The second kappa shape index (κ2) is 25.4. The zero-order valence-electron chi connectivity index (χ0n) is 34.2. The van der Waals surface area contributed by atoms with E-state index in [9.17, 15) is 0 Å². The van der Waals surface area contributed by atoms with Crippen LogP contribution in [0.2, 0.25) is 0 Å². The molecule has 0 bridgehead atoms. The number of allylic oxidation sites excluding steroid dienone is 29. The number of para-hydroxylation sites is 1. The van der Waals surface area contributed by atoms with Crippen molar-refractivity contribution in [1.29, 1.82) is 0 Å². The maximum Gasteiger partial charge on any atom is 0.0631 e. The molecular formula is C58H55N. The van der Waals surface area contributed by atoms with Gasteiger partial charge in [0.15, 0.2) is 0 Å². The predicted octanol–water partition coefficient (Wildman–Crippen LogP) is 16.6. The standard InChI is InChI=1S/C58H55N/c1-11-21-37-46(32-16-6)53-54(47(33-17-7)38-22-12-2)56(48(34-18-8)39-23-13-3)58(59(52-44-30-27-31-45-52)51(36-20-10)43-25-15-5)57(49(35-19-9)40-24-14-4)55(53)50-41-28-26-29-42-50/h11-45H,1-10H2/b37-21-,38-22-,39-23-,40-24-,43-25-,46-32+,47-33+,48-34+,49-35+,51-36+. The first-order chi connectivity index (χ1) is 29.0. The number of hydrogen-bond donors (Lipinski definition) is 0. The summed E-state index contributed by atoms with van der Waals surface area (Å²) in [6.07, 6.45) is 47.9. The first-order valence-electron chi connectivity index (χ1n) is 19.2. The second-order valence-electron chi connectivity index (χ2n) is 12.5. The van der Waals surface area contributed by atoms with Crippen molar-refractivity contribution in [2.24, 2.45) is 0 Å². The molecule has 0 unspecified atom stereocenters. The molecule has 0 aromatic heterocycles. The van der Waals surface area contributed by atoms with E-state index in [1.54, 1.807) is 48.6 Å². The van der Waals surface area contributed by atoms with Crippen LogP contribution >= 0.6 is 0 Å². The summed E-state index contributed by atoms with van der Waals surface area (Å²) in [5, 5.41) is 0. The van der Waals surface area contributed by atoms with E-state index in [0.717, 1.165) is 72.7 Å². The third-order valence-electron chi connectivity index (χ3n) is 8.72. The van der Waals surface area contributed by atoms with Gasteiger partial charge in [-0.1, -0.05) is 254 Å². The second-order valence-corrected chi connectivity index (χ2v) is 12.5. The van der Waals surface area contributed by atoms with Crippen LogP contribution in [-0.4, -0.2) is 0 Å². The zero-order valence-corrected chi connectivity index (χ0v) is 34.2. The van der Waals surface area contributed by atoms with Crippen molar-refractivity contribution in [3.8, 4) is 11.1 Å². The van der Waals surface area contributed by atoms with Gasteiger partial charge in [-0.25, -0.2) is 0 Å². The molecule has 0 spiro atoms. The van der Waals surface area contributed by atoms with Gasteiger partial charge < -0.3 is 4.90 Å². The lowest BCUT2D eigenvalue weighted by Gasteiger charge is -2.36. The molecule has 1 nitrogen and oxygen atoms in total. The highest BCUT2D eigenvalue weighted by atomic mass is 15.2. The van der Waals surface area contributed by atoms with Crippen LogP contribution in [0.5, 0.6) is 0 Å². The largest absolute Gasteiger partial charge is 0.309 e. The van der Waals surface area contributed by atoms with Gasteiger partial charge in [0, 0.05) is 33.6 Å². The third kappa shape index (κ3) is 11.9. The zero-order chi connectivity index (χ0) is 42.8. The minimum Gasteiger partial charge on any atom is -0.309 e. The van der Waals surface area contributed by atoms with E-state index in [1.807, 2.05) is 103 Å². The van der Waals surface area contributed by atoms with Crippen LogP contribution in [-0.2, 0) is 0 Å². The minimum atomic E-state index is 0.826. The topological polar surface area (TPSA) is 3.24 Å². The Morgan fingerprint density at radius 3 is 1.15 bits per heavy atom. The Hall–Kier alpha value is -7.74. The quantitative estimate of drug-likeness (QED) is 0.0869. The fourth-order valence-electron chi connectivity index (χ4n) is 6.55. The molecule has 59 heavy (non-hydrogen) atoms. The predicted molar refractivity (Wildman–Crippen MR) is 268 cm³/mol. The van der Waals surface area contributed by atoms with Crippen LogP contribution in [0, 0.1) is 0 Å². The molecule has 3 rings (SSSR count). The fourth-order valence-corrected chi connectivity index (χ4v) is 6.55. The molecule has 0 N–H and O–H groups in total. The number of nitrogens with zero attached hydrogens (tertiary/aromatic N) is 1. The molecule has 0 saturated heterocycles. The van der Waals surface area contributed by atoms with Crippen LogP contribution in [0.15, 0.2) is 284 Å². The summed E-state index contributed by atoms with van der Waals surface area (Å²) in [5.41, 5.74) is 11.6. The fraction of sp³-hybridized carbons (Fsp3) is 0. The van der Waals surface area contributed by atoms with Gasteiger partial charge in [0.1, 0.15) is 0 Å². The van der Waals surface area contributed by atoms with Gasteiger partial charge in [-0.3, -0.25) is 0 Å². The van der Waals surface area contributed by atoms with E-state index < -0.39 is 0 Å². The summed E-state index contributed by atoms with van der Waals surface area (Å²) >= 11 is 0. The average molecular weight is 766 g/mol. The van der Waals surface area contributed by atoms with Crippen LogP contribution in [0.25, 0.3) is 33.4 Å². The van der Waals surface area contributed by atoms with Gasteiger partial charge in [-0.15, -0.1) is 0 Å². The summed E-state index contributed by atoms with van der Waals surface area (Å²) in [6, 6.07) is 20.7. The molecule has 0 radical (unpaired) electrons. The van der Waals surface area contributed by atoms with E-state index in [-0.39, 0.29) is 0 Å². The Morgan fingerprint density at radius 1 is 0.356 bits per heavy atom. The van der Waals surface area contributed by atoms with E-state index in [0.29, 0.717) is 0 Å². The van der Waals surface area contributed by atoms with Crippen molar-refractivity contribution in [3.63, 3.8) is 0 Å². The maximum atomic E-state index is 4.20. The summed E-state index contributed by atoms with van der Waals surface area (Å²) in [5.74, 6) is 0. The third-order valence-corrected chi connectivity index (χ3v) is 8.72. The van der Waals surface area contributed by atoms with Crippen molar-refractivity contribution < 1.29 is 0 Å². The van der Waals surface area contributed by atoms with Gasteiger partial charge in [0.05, 0.1) is 5.69 Å². The molecule has 0 fully saturated rings. The Labute approximate surface area is 354 Å². The lowest BCUT2D eigenvalue weighted by molar-refractivity contribution is 1.19. The van der Waals surface area contributed by atoms with Crippen LogP contribution in [0.4, 0.5) is 11.4 Å². The Kier molecular flexibility index (Phi) is 19.7. The molecule has 0 heterocycles. The molecule has 1 heteroatoms. The minimum absolute atomic E-state index is 0.826. The van der Waals surface area contributed by atoms with Gasteiger partial charge in [-0.2, -0.15) is 0 Å². The van der Waals surface area contributed by atoms with E-state index in [4.69, 9.17) is 0 Å². The Morgan fingerprint density at radius 2 is 0.729 bits per heavy atom. The summed E-state index contributed by atoms with van der Waals surface area (Å²) in [6.45, 7) is 41.1. The number of rotatable bonds is 23. The molecule has 0 atom stereocenters. The van der Waals surface area contributed by atoms with E-state index >= 15 is 0 Å². The van der Waals surface area contributed by atoms with Gasteiger partial charge in [0.25, 0.3) is 0 Å². The molecular weight excluding hydrogens is 711 g/mol. The maximum absolute atomic E-state index is 4.20. The lowest BCUT2D eigenvalue weighted by atomic mass is 9.75. The summed E-state index contributed by atoms with van der Waals surface area (Å²) in [4.78, 5) is 2.27. The average Bonchev–Trinajstić information content (AvgIpc) is 3.26. The molecule has 0 aliphatic carbocycles. The Balaban J connectivity index is 3.32. The smallest absolute Gasteiger partial charge is 0.0631 e. The number of benzene rings is 3. The van der Waals surface area contributed by atoms with Crippen molar-refractivity contribution in [3.05, 3.63) is 306 Å². The van der Waals surface area contributed by atoms with Crippen LogP contribution in [0.1, 0.15) is 22.3 Å². The number of anilines is 2. The van der Waals surface area contributed by atoms with Crippen molar-refractivity contribution in [1.82, 2.24) is 0 Å². The summed E-state index contributed by atoms with van der Waals surface area (Å²) < 4.78 is 0. The highest BCUT2D eigenvalue weighted by molar-refractivity contribution is 6.10. The molecule has 0 amide bonds. The SMILES string of the molecule is C=C/C=C\C(=C/C=C)c1c(C(/C=C\C=C)=C/C=C)c(-c2ccccc2)c(C(/C=C\C=C)=C/C=C)c(N(C(/C=C\C=C)=C/C=C)c2ccccc2)c1C(/C=C\C=C)=C/C=C. The van der Waals surface area contributed by atoms with Gasteiger partial charge in [0.2, 0.25) is 0 Å². The monoisotopic (exact) mass is 765 g/mol. The van der Waals surface area contributed by atoms with E-state index in [1.165, 1.54) is 0 Å². The van der Waals surface area contributed by atoms with Crippen molar-refractivity contribution >= 4 is 33.7 Å².